The van der Waals surface area contributed by atoms with Crippen LogP contribution in [0.15, 0.2) is 68.6 Å². The van der Waals surface area contributed by atoms with E-state index in [9.17, 15) is 39.6 Å². The predicted octanol–water partition coefficient (Wildman–Crippen LogP) is 3.26. The number of piperidine rings is 1. The van der Waals surface area contributed by atoms with Crippen LogP contribution in [-0.4, -0.2) is 103 Å². The Hall–Kier alpha value is -4.34. The number of allylic oxidation sites excluding steroid dienone is 3. The second-order valence-electron chi connectivity index (χ2n) is 17.3. The van der Waals surface area contributed by atoms with E-state index >= 15 is 0 Å². The Morgan fingerprint density at radius 2 is 1.00 bits per heavy atom. The summed E-state index contributed by atoms with van der Waals surface area (Å²) in [5.41, 5.74) is 13.4. The number of aliphatic hydroxyl groups is 3. The van der Waals surface area contributed by atoms with Gasteiger partial charge >= 0.3 is 34.1 Å². The van der Waals surface area contributed by atoms with Crippen LogP contribution in [0.4, 0.5) is 0 Å². The summed E-state index contributed by atoms with van der Waals surface area (Å²) >= 11 is 0. The van der Waals surface area contributed by atoms with Gasteiger partial charge < -0.3 is 42.0 Å². The molecule has 1 aromatic rings. The van der Waals surface area contributed by atoms with Crippen molar-refractivity contribution in [1.82, 2.24) is 21.7 Å². The largest absolute Gasteiger partial charge is 1.00 e. The summed E-state index contributed by atoms with van der Waals surface area (Å²) in [5, 5.41) is 66.1. The first-order valence-corrected chi connectivity index (χ1v) is 22.7. The summed E-state index contributed by atoms with van der Waals surface area (Å²) in [6.45, 7) is 7.17. The zero-order valence-corrected chi connectivity index (χ0v) is 41.1. The first-order valence-electron chi connectivity index (χ1n) is 22.7. The van der Waals surface area contributed by atoms with Crippen molar-refractivity contribution in [3.8, 4) is 5.75 Å². The molecule has 3 aliphatic carbocycles. The normalized spacial score (nSPS) is 27.5. The van der Waals surface area contributed by atoms with Crippen LogP contribution >= 0.6 is 0 Å². The van der Waals surface area contributed by atoms with Crippen LogP contribution in [0.25, 0.3) is 10.6 Å². The molecule has 2 heterocycles. The Balaban J connectivity index is 0.000000642. The van der Waals surface area contributed by atoms with E-state index in [1.165, 1.54) is 12.1 Å². The molecule has 0 aromatic heterocycles. The number of carbonyl (C=O) groups excluding carboxylic acids is 4. The third-order valence-corrected chi connectivity index (χ3v) is 12.6. The van der Waals surface area contributed by atoms with Gasteiger partial charge in [-0.1, -0.05) is 106 Å². The molecule has 386 valence electrons. The zero-order valence-electron chi connectivity index (χ0n) is 39.2. The number of hydrazone groups is 4. The molecule has 14 N–H and O–H groups in total. The SMILES string of the molecule is CC(=NNC(=O)C1CCCCC1O)C1=CC=CC(C(C)=NNC(=O)c2ccccc2O)[N-]1.CC(=NNC(=O)C1CCCCC1O)C1CCCC(C(C)=NNC(=O)C2CCCCC2O)[N-]1.[Cu+].[Cu+].[OH3+].[OH3+]. The number of phenolic OH excluding ortho intramolecular Hbond substituents is 1. The third kappa shape index (κ3) is 18.2. The van der Waals surface area contributed by atoms with Gasteiger partial charge in [0.05, 0.1) is 41.6 Å². The second kappa shape index (κ2) is 31.0. The van der Waals surface area contributed by atoms with Gasteiger partial charge in [-0.05, 0) is 78.4 Å². The maximum atomic E-state index is 12.4. The van der Waals surface area contributed by atoms with Crippen molar-refractivity contribution >= 4 is 46.5 Å². The van der Waals surface area contributed by atoms with Crippen LogP contribution in [0.2, 0.25) is 0 Å². The number of aromatic hydroxyl groups is 1. The van der Waals surface area contributed by atoms with Crippen LogP contribution in [0, 0.1) is 17.8 Å². The summed E-state index contributed by atoms with van der Waals surface area (Å²) < 4.78 is 0. The molecular weight excluding hydrogens is 980 g/mol. The quantitative estimate of drug-likeness (QED) is 0.0663. The molecule has 68 heavy (non-hydrogen) atoms. The van der Waals surface area contributed by atoms with Gasteiger partial charge in [-0.2, -0.15) is 20.4 Å². The molecule has 0 radical (unpaired) electrons. The number of nitrogens with zero attached hydrogens (tertiary/aromatic N) is 6. The molecule has 3 saturated carbocycles. The average molecular weight is 1050 g/mol. The van der Waals surface area contributed by atoms with Crippen molar-refractivity contribution in [2.75, 3.05) is 0 Å². The van der Waals surface area contributed by atoms with E-state index in [1.54, 1.807) is 32.1 Å². The maximum Gasteiger partial charge on any atom is 1.00 e. The van der Waals surface area contributed by atoms with E-state index in [0.29, 0.717) is 55.6 Å². The smallest absolute Gasteiger partial charge is 0.672 e. The van der Waals surface area contributed by atoms with Gasteiger partial charge in [-0.15, -0.1) is 5.70 Å². The molecule has 1 aromatic carbocycles. The number of rotatable bonds is 12. The van der Waals surface area contributed by atoms with Gasteiger partial charge in [0.2, 0.25) is 17.7 Å². The summed E-state index contributed by atoms with van der Waals surface area (Å²) in [7, 11) is 0. The maximum absolute atomic E-state index is 12.4. The molecule has 2 aliphatic heterocycles. The number of benzene rings is 1. The molecule has 1 saturated heterocycles. The minimum atomic E-state index is -0.628. The minimum Gasteiger partial charge on any atom is -0.672 e. The van der Waals surface area contributed by atoms with Crippen molar-refractivity contribution in [2.24, 2.45) is 38.2 Å². The topological polar surface area (TPSA) is 341 Å². The molecule has 6 rings (SSSR count). The number of carbonyl (C=O) groups is 4. The van der Waals surface area contributed by atoms with Crippen molar-refractivity contribution in [3.05, 3.63) is 64.4 Å². The summed E-state index contributed by atoms with van der Waals surface area (Å²) in [6, 6.07) is 5.55. The average Bonchev–Trinajstić information content (AvgIpc) is 3.31. The van der Waals surface area contributed by atoms with Crippen LogP contribution < -0.4 is 21.7 Å². The number of aliphatic hydroxyl groups excluding tert-OH is 3. The number of amides is 4. The molecule has 4 amide bonds. The summed E-state index contributed by atoms with van der Waals surface area (Å²) in [6.07, 6.45) is 15.9. The third-order valence-electron chi connectivity index (χ3n) is 12.6. The summed E-state index contributed by atoms with van der Waals surface area (Å²) in [4.78, 5) is 49.3. The number of hydrogen-bond donors (Lipinski definition) is 8. The van der Waals surface area contributed by atoms with E-state index in [-0.39, 0.29) is 86.2 Å². The number of nitrogens with one attached hydrogen (secondary N) is 4. The molecule has 0 bridgehead atoms. The Labute approximate surface area is 419 Å². The zero-order chi connectivity index (χ0) is 46.2. The fraction of sp³-hybridized carbons (Fsp3) is 0.609. The molecule has 22 heteroatoms. The Kier molecular flexibility index (Phi) is 28.1. The van der Waals surface area contributed by atoms with Gasteiger partial charge in [-0.25, -0.2) is 21.7 Å². The number of para-hydroxylation sites is 1. The monoisotopic (exact) mass is 1050 g/mol. The molecule has 4 fully saturated rings. The van der Waals surface area contributed by atoms with Gasteiger partial charge in [0.25, 0.3) is 5.91 Å². The van der Waals surface area contributed by atoms with E-state index in [0.717, 1.165) is 69.2 Å². The Morgan fingerprint density at radius 1 is 0.574 bits per heavy atom. The van der Waals surface area contributed by atoms with Crippen molar-refractivity contribution in [3.63, 3.8) is 0 Å². The van der Waals surface area contributed by atoms with Crippen molar-refractivity contribution in [2.45, 2.75) is 160 Å². The fourth-order valence-electron chi connectivity index (χ4n) is 8.50. The van der Waals surface area contributed by atoms with E-state index < -0.39 is 48.0 Å². The number of phenols is 1. The molecule has 9 unspecified atom stereocenters. The second-order valence-corrected chi connectivity index (χ2v) is 17.3. The first kappa shape index (κ1) is 61.7. The summed E-state index contributed by atoms with van der Waals surface area (Å²) in [5.74, 6) is -2.61. The van der Waals surface area contributed by atoms with E-state index in [4.69, 9.17) is 5.32 Å². The van der Waals surface area contributed by atoms with Gasteiger partial charge in [-0.3, -0.25) is 19.2 Å². The first-order chi connectivity index (χ1) is 30.7. The van der Waals surface area contributed by atoms with Crippen LogP contribution in [0.1, 0.15) is 134 Å². The van der Waals surface area contributed by atoms with Crippen LogP contribution in [0.5, 0.6) is 5.75 Å². The standard InChI is InChI=1S/C23H38N5O4.C23H28N5O4.2Cu.2H2O/c2*1-14(25-27-22(31)16-8-3-5-12-20(16)29)18-10-7-11-19(24-18)15(2)26-28-23(32)17-9-4-6-13-21(17)30;;;;/h16-21,29-30H,3-13H2,1-2H3,(H,27,31)(H,28,32);3,5,7-8,10-12,17-18,21,30H,4,6,9,13H2,1-2H3,(H,28,32)(H2,27,29,31);;;2*1H2/q2*-1;2*+1;;/p+2. The van der Waals surface area contributed by atoms with E-state index in [1.807, 2.05) is 26.0 Å². The molecule has 0 spiro atoms. The van der Waals surface area contributed by atoms with Gasteiger partial charge in [0.15, 0.2) is 0 Å². The van der Waals surface area contributed by atoms with Gasteiger partial charge in [0, 0.05) is 22.8 Å². The Bertz CT molecular complexity index is 1940. The predicted molar refractivity (Wildman–Crippen MR) is 255 cm³/mol. The van der Waals surface area contributed by atoms with Gasteiger partial charge in [0.1, 0.15) is 5.75 Å². The fourth-order valence-corrected chi connectivity index (χ4v) is 8.50. The molecule has 5 aliphatic rings. The van der Waals surface area contributed by atoms with Crippen LogP contribution in [0.3, 0.4) is 0 Å². The number of hydrogen-bond acceptors (Lipinski definition) is 12. The minimum absolute atomic E-state index is 0. The molecular formula is C46H72Cu2N10O10+2. The Morgan fingerprint density at radius 3 is 1.46 bits per heavy atom. The van der Waals surface area contributed by atoms with Crippen molar-refractivity contribution in [1.29, 1.82) is 0 Å². The molecule has 9 atom stereocenters. The van der Waals surface area contributed by atoms with Crippen molar-refractivity contribution < 1.29 is 84.7 Å². The molecule has 20 nitrogen and oxygen atoms in total. The van der Waals surface area contributed by atoms with Crippen LogP contribution in [-0.2, 0) is 59.5 Å². The van der Waals surface area contributed by atoms with E-state index in [2.05, 4.69) is 47.4 Å².